The third kappa shape index (κ3) is 1.88. The Morgan fingerprint density at radius 1 is 1.22 bits per heavy atom. The van der Waals surface area contributed by atoms with Gasteiger partial charge in [-0.25, -0.2) is 4.79 Å². The van der Waals surface area contributed by atoms with Crippen molar-refractivity contribution in [3.8, 4) is 11.5 Å². The molecule has 0 fully saturated rings. The highest BCUT2D eigenvalue weighted by Crippen LogP contribution is 2.41. The quantitative estimate of drug-likeness (QED) is 0.763. The van der Waals surface area contributed by atoms with Crippen molar-refractivity contribution >= 4 is 11.7 Å². The smallest absolute Gasteiger partial charge is 0.348 e. The first-order valence-corrected chi connectivity index (χ1v) is 5.44. The fourth-order valence-electron chi connectivity index (χ4n) is 1.87. The number of esters is 1. The van der Waals surface area contributed by atoms with Gasteiger partial charge in [-0.3, -0.25) is 0 Å². The van der Waals surface area contributed by atoms with E-state index in [9.17, 15) is 4.79 Å². The number of nitrogens with zero attached hydrogens (tertiary/aromatic N) is 1. The van der Waals surface area contributed by atoms with Crippen molar-refractivity contribution < 1.29 is 19.0 Å². The molecule has 0 aliphatic carbocycles. The lowest BCUT2D eigenvalue weighted by molar-refractivity contribution is 0.0710. The predicted octanol–water partition coefficient (Wildman–Crippen LogP) is 1.73. The lowest BCUT2D eigenvalue weighted by Crippen LogP contribution is -2.02. The average Bonchev–Trinajstić information content (AvgIpc) is 2.64. The molecular weight excluding hydrogens is 234 g/mol. The molecular formula is C13H15NO4. The molecule has 5 heteroatoms. The van der Waals surface area contributed by atoms with Gasteiger partial charge in [0, 0.05) is 25.9 Å². The Morgan fingerprint density at radius 2 is 1.94 bits per heavy atom. The third-order valence-corrected chi connectivity index (χ3v) is 2.59. The van der Waals surface area contributed by atoms with Gasteiger partial charge < -0.3 is 19.1 Å². The fourth-order valence-corrected chi connectivity index (χ4v) is 1.87. The van der Waals surface area contributed by atoms with Crippen LogP contribution in [0.1, 0.15) is 15.9 Å². The average molecular weight is 249 g/mol. The van der Waals surface area contributed by atoms with Crippen LogP contribution in [0.3, 0.4) is 0 Å². The third-order valence-electron chi connectivity index (χ3n) is 2.59. The van der Waals surface area contributed by atoms with E-state index in [2.05, 4.69) is 0 Å². The van der Waals surface area contributed by atoms with Gasteiger partial charge in [-0.2, -0.15) is 0 Å². The summed E-state index contributed by atoms with van der Waals surface area (Å²) in [5.41, 5.74) is 1.12. The van der Waals surface area contributed by atoms with E-state index in [0.29, 0.717) is 28.4 Å². The molecule has 18 heavy (non-hydrogen) atoms. The summed E-state index contributed by atoms with van der Waals surface area (Å²) in [5.74, 6) is 1.01. The maximum Gasteiger partial charge on any atom is 0.348 e. The zero-order valence-electron chi connectivity index (χ0n) is 10.8. The zero-order valence-corrected chi connectivity index (χ0v) is 10.8. The van der Waals surface area contributed by atoms with E-state index in [4.69, 9.17) is 14.2 Å². The van der Waals surface area contributed by atoms with Gasteiger partial charge in [-0.15, -0.1) is 0 Å². The van der Waals surface area contributed by atoms with Crippen LogP contribution in [0.4, 0.5) is 0 Å². The van der Waals surface area contributed by atoms with Gasteiger partial charge in [0.05, 0.1) is 14.2 Å². The first kappa shape index (κ1) is 12.3. The Hall–Kier alpha value is -2.17. The molecule has 2 rings (SSSR count). The minimum absolute atomic E-state index is 0.405. The van der Waals surface area contributed by atoms with Crippen LogP contribution < -0.4 is 9.47 Å². The Labute approximate surface area is 106 Å². The minimum Gasteiger partial charge on any atom is -0.493 e. The van der Waals surface area contributed by atoms with E-state index in [-0.39, 0.29) is 0 Å². The number of benzene rings is 1. The molecule has 1 aliphatic rings. The highest BCUT2D eigenvalue weighted by Gasteiger charge is 2.32. The molecule has 1 aromatic carbocycles. The van der Waals surface area contributed by atoms with Crippen LogP contribution >= 0.6 is 0 Å². The fraction of sp³-hybridized carbons (Fsp3) is 0.308. The molecule has 0 bridgehead atoms. The topological polar surface area (TPSA) is 48.0 Å². The number of methoxy groups -OCH3 is 2. The zero-order chi connectivity index (χ0) is 13.3. The molecule has 0 radical (unpaired) electrons. The molecule has 0 saturated carbocycles. The van der Waals surface area contributed by atoms with E-state index in [1.54, 1.807) is 18.3 Å². The minimum atomic E-state index is -0.422. The van der Waals surface area contributed by atoms with E-state index in [1.165, 1.54) is 14.2 Å². The standard InChI is InChI=1S/C13H15NO4/c1-14(2)7-10-8-5-6-9(16-3)12(17-4)11(8)13(15)18-10/h5-7H,1-4H3. The van der Waals surface area contributed by atoms with Crippen molar-refractivity contribution in [1.82, 2.24) is 4.90 Å². The van der Waals surface area contributed by atoms with Gasteiger partial charge >= 0.3 is 5.97 Å². The van der Waals surface area contributed by atoms with Crippen molar-refractivity contribution in [2.24, 2.45) is 0 Å². The molecule has 0 unspecified atom stereocenters. The molecule has 0 aromatic heterocycles. The Bertz CT molecular complexity index is 520. The second-order valence-corrected chi connectivity index (χ2v) is 4.07. The summed E-state index contributed by atoms with van der Waals surface area (Å²) >= 11 is 0. The number of fused-ring (bicyclic) bond motifs is 1. The van der Waals surface area contributed by atoms with Gasteiger partial charge in [-0.05, 0) is 12.1 Å². The highest BCUT2D eigenvalue weighted by atomic mass is 16.5. The first-order valence-electron chi connectivity index (χ1n) is 5.44. The van der Waals surface area contributed by atoms with Gasteiger partial charge in [0.1, 0.15) is 5.56 Å². The maximum absolute atomic E-state index is 11.9. The number of rotatable bonds is 3. The van der Waals surface area contributed by atoms with Gasteiger partial charge in [0.15, 0.2) is 17.3 Å². The molecule has 1 aromatic rings. The van der Waals surface area contributed by atoms with Crippen LogP contribution in [0.2, 0.25) is 0 Å². The lowest BCUT2D eigenvalue weighted by atomic mass is 10.1. The molecule has 0 spiro atoms. The van der Waals surface area contributed by atoms with Crippen LogP contribution in [-0.4, -0.2) is 39.2 Å². The molecule has 1 heterocycles. The van der Waals surface area contributed by atoms with Gasteiger partial charge in [0.25, 0.3) is 0 Å². The van der Waals surface area contributed by atoms with Crippen molar-refractivity contribution in [2.45, 2.75) is 0 Å². The number of hydrogen-bond donors (Lipinski definition) is 0. The Balaban J connectivity index is 2.61. The van der Waals surface area contributed by atoms with Gasteiger partial charge in [-0.1, -0.05) is 0 Å². The molecule has 0 amide bonds. The summed E-state index contributed by atoms with van der Waals surface area (Å²) < 4.78 is 15.6. The molecule has 0 N–H and O–H groups in total. The van der Waals surface area contributed by atoms with E-state index < -0.39 is 5.97 Å². The number of ether oxygens (including phenoxy) is 3. The summed E-state index contributed by atoms with van der Waals surface area (Å²) in [6, 6.07) is 3.54. The second kappa shape index (κ2) is 4.60. The van der Waals surface area contributed by atoms with Crippen LogP contribution in [0, 0.1) is 0 Å². The second-order valence-electron chi connectivity index (χ2n) is 4.07. The molecule has 5 nitrogen and oxygen atoms in total. The lowest BCUT2D eigenvalue weighted by Gasteiger charge is -2.09. The van der Waals surface area contributed by atoms with Crippen molar-refractivity contribution in [1.29, 1.82) is 0 Å². The molecule has 0 atom stereocenters. The first-order chi connectivity index (χ1) is 8.58. The summed E-state index contributed by atoms with van der Waals surface area (Å²) in [6.45, 7) is 0. The van der Waals surface area contributed by atoms with Crippen molar-refractivity contribution in [2.75, 3.05) is 28.3 Å². The summed E-state index contributed by atoms with van der Waals surface area (Å²) in [6.07, 6.45) is 1.75. The number of carbonyl (C=O) groups is 1. The number of cyclic esters (lactones) is 1. The van der Waals surface area contributed by atoms with E-state index in [1.807, 2.05) is 19.0 Å². The number of carbonyl (C=O) groups excluding carboxylic acids is 1. The normalized spacial score (nSPS) is 15.3. The Morgan fingerprint density at radius 3 is 2.50 bits per heavy atom. The van der Waals surface area contributed by atoms with E-state index >= 15 is 0 Å². The van der Waals surface area contributed by atoms with Crippen molar-refractivity contribution in [3.05, 3.63) is 29.5 Å². The van der Waals surface area contributed by atoms with Crippen LogP contribution in [-0.2, 0) is 4.74 Å². The summed E-state index contributed by atoms with van der Waals surface area (Å²) in [5, 5.41) is 0. The molecule has 1 aliphatic heterocycles. The van der Waals surface area contributed by atoms with Crippen LogP contribution in [0.5, 0.6) is 11.5 Å². The highest BCUT2D eigenvalue weighted by molar-refractivity contribution is 6.06. The molecule has 96 valence electrons. The predicted molar refractivity (Wildman–Crippen MR) is 66.6 cm³/mol. The van der Waals surface area contributed by atoms with E-state index in [0.717, 1.165) is 0 Å². The Kier molecular flexibility index (Phi) is 3.14. The summed E-state index contributed by atoms with van der Waals surface area (Å²) in [7, 11) is 6.75. The van der Waals surface area contributed by atoms with Crippen LogP contribution in [0.25, 0.3) is 5.76 Å². The molecule has 0 saturated heterocycles. The monoisotopic (exact) mass is 249 g/mol. The maximum atomic E-state index is 11.9. The number of hydrogen-bond acceptors (Lipinski definition) is 5. The van der Waals surface area contributed by atoms with Crippen molar-refractivity contribution in [3.63, 3.8) is 0 Å². The van der Waals surface area contributed by atoms with Crippen LogP contribution in [0.15, 0.2) is 18.3 Å². The SMILES string of the molecule is COc1ccc2c(c1OC)C(=O)OC2=CN(C)C. The van der Waals surface area contributed by atoms with Gasteiger partial charge in [0.2, 0.25) is 0 Å². The largest absolute Gasteiger partial charge is 0.493 e. The summed E-state index contributed by atoms with van der Waals surface area (Å²) in [4.78, 5) is 13.7.